The lowest BCUT2D eigenvalue weighted by atomic mass is 9.99. The number of carbonyl (C=O) groups is 1. The highest BCUT2D eigenvalue weighted by atomic mass is 32.2. The number of aryl methyl sites for hydroxylation is 1. The normalized spacial score (nSPS) is 10.0. The number of hydrogen-bond donors (Lipinski definition) is 0. The molecule has 0 aliphatic carbocycles. The molecule has 0 radical (unpaired) electrons. The largest absolute Gasteiger partial charge is 0.294 e. The van der Waals surface area contributed by atoms with E-state index in [4.69, 9.17) is 5.26 Å². The lowest BCUT2D eigenvalue weighted by Crippen LogP contribution is -2.03. The number of rotatable bonds is 5. The summed E-state index contributed by atoms with van der Waals surface area (Å²) in [5.41, 5.74) is 2.12. The van der Waals surface area contributed by atoms with Gasteiger partial charge < -0.3 is 0 Å². The van der Waals surface area contributed by atoms with E-state index in [9.17, 15) is 4.79 Å². The zero-order chi connectivity index (χ0) is 14.4. The van der Waals surface area contributed by atoms with Gasteiger partial charge in [0.2, 0.25) is 0 Å². The lowest BCUT2D eigenvalue weighted by Gasteiger charge is -2.04. The maximum absolute atomic E-state index is 12.2. The zero-order valence-electron chi connectivity index (χ0n) is 11.3. The Morgan fingerprint density at radius 2 is 1.85 bits per heavy atom. The molecule has 20 heavy (non-hydrogen) atoms. The van der Waals surface area contributed by atoms with Crippen molar-refractivity contribution in [3.05, 3.63) is 65.2 Å². The molecule has 0 saturated carbocycles. The molecule has 0 spiro atoms. The van der Waals surface area contributed by atoms with Crippen molar-refractivity contribution >= 4 is 17.5 Å². The molecular formula is C17H15NOS. The van der Waals surface area contributed by atoms with E-state index in [1.807, 2.05) is 6.26 Å². The van der Waals surface area contributed by atoms with E-state index in [1.54, 1.807) is 36.0 Å². The van der Waals surface area contributed by atoms with Crippen LogP contribution in [0.1, 0.15) is 27.9 Å². The number of nitriles is 1. The van der Waals surface area contributed by atoms with Crippen LogP contribution in [0.15, 0.2) is 53.4 Å². The Kier molecular flexibility index (Phi) is 4.97. The molecule has 2 rings (SSSR count). The Bertz CT molecular complexity index is 641. The van der Waals surface area contributed by atoms with Crippen molar-refractivity contribution in [2.45, 2.75) is 17.7 Å². The van der Waals surface area contributed by atoms with Crippen LogP contribution in [0.25, 0.3) is 0 Å². The number of thioether (sulfide) groups is 1. The van der Waals surface area contributed by atoms with Gasteiger partial charge in [-0.2, -0.15) is 5.26 Å². The fourth-order valence-corrected chi connectivity index (χ4v) is 2.42. The standard InChI is InChI=1S/C17H15NOS/c1-20-15-9-6-13(7-10-15)8-11-17(19)16-5-3-2-4-14(16)12-18/h2-7,9-10H,8,11H2,1H3. The van der Waals surface area contributed by atoms with E-state index in [1.165, 1.54) is 4.90 Å². The Morgan fingerprint density at radius 3 is 2.50 bits per heavy atom. The Morgan fingerprint density at radius 1 is 1.15 bits per heavy atom. The van der Waals surface area contributed by atoms with Crippen LogP contribution in [-0.2, 0) is 6.42 Å². The van der Waals surface area contributed by atoms with Gasteiger partial charge in [0.1, 0.15) is 0 Å². The summed E-state index contributed by atoms with van der Waals surface area (Å²) in [6, 6.07) is 17.3. The Labute approximate surface area is 123 Å². The predicted octanol–water partition coefficient (Wildman–Crippen LogP) is 4.10. The maximum Gasteiger partial charge on any atom is 0.164 e. The Hall–Kier alpha value is -2.05. The minimum atomic E-state index is 0.0242. The summed E-state index contributed by atoms with van der Waals surface area (Å²) in [5, 5.41) is 9.01. The van der Waals surface area contributed by atoms with E-state index in [-0.39, 0.29) is 5.78 Å². The predicted molar refractivity (Wildman–Crippen MR) is 82.0 cm³/mol. The van der Waals surface area contributed by atoms with Crippen molar-refractivity contribution < 1.29 is 4.79 Å². The van der Waals surface area contributed by atoms with E-state index in [2.05, 4.69) is 30.3 Å². The van der Waals surface area contributed by atoms with E-state index < -0.39 is 0 Å². The molecule has 0 N–H and O–H groups in total. The smallest absolute Gasteiger partial charge is 0.164 e. The molecule has 100 valence electrons. The molecule has 0 atom stereocenters. The summed E-state index contributed by atoms with van der Waals surface area (Å²) >= 11 is 1.70. The van der Waals surface area contributed by atoms with E-state index in [0.717, 1.165) is 5.56 Å². The van der Waals surface area contributed by atoms with Gasteiger partial charge in [-0.1, -0.05) is 30.3 Å². The number of nitrogens with zero attached hydrogens (tertiary/aromatic N) is 1. The van der Waals surface area contributed by atoms with Crippen LogP contribution in [0, 0.1) is 11.3 Å². The highest BCUT2D eigenvalue weighted by Gasteiger charge is 2.10. The summed E-state index contributed by atoms with van der Waals surface area (Å²) in [6.45, 7) is 0. The lowest BCUT2D eigenvalue weighted by molar-refractivity contribution is 0.0982. The minimum Gasteiger partial charge on any atom is -0.294 e. The molecule has 3 heteroatoms. The molecule has 2 nitrogen and oxygen atoms in total. The fourth-order valence-electron chi connectivity index (χ4n) is 2.01. The van der Waals surface area contributed by atoms with Crippen LogP contribution in [0.3, 0.4) is 0 Å². The van der Waals surface area contributed by atoms with Crippen molar-refractivity contribution in [2.24, 2.45) is 0 Å². The van der Waals surface area contributed by atoms with Crippen molar-refractivity contribution in [3.8, 4) is 6.07 Å². The van der Waals surface area contributed by atoms with Gasteiger partial charge in [-0.25, -0.2) is 0 Å². The minimum absolute atomic E-state index is 0.0242. The summed E-state index contributed by atoms with van der Waals surface area (Å²) in [4.78, 5) is 13.4. The van der Waals surface area contributed by atoms with E-state index >= 15 is 0 Å². The first-order valence-electron chi connectivity index (χ1n) is 6.40. The molecule has 2 aromatic carbocycles. The number of Topliss-reactive ketones (excluding diaryl/α,β-unsaturated/α-hetero) is 1. The van der Waals surface area contributed by atoms with Crippen molar-refractivity contribution in [1.82, 2.24) is 0 Å². The maximum atomic E-state index is 12.2. The Balaban J connectivity index is 2.03. The highest BCUT2D eigenvalue weighted by Crippen LogP contribution is 2.17. The number of ketones is 1. The monoisotopic (exact) mass is 281 g/mol. The second kappa shape index (κ2) is 6.93. The van der Waals surface area contributed by atoms with Gasteiger partial charge in [-0.3, -0.25) is 4.79 Å². The molecule has 0 unspecified atom stereocenters. The second-order valence-corrected chi connectivity index (χ2v) is 5.31. The van der Waals surface area contributed by atoms with Gasteiger partial charge in [0.25, 0.3) is 0 Å². The van der Waals surface area contributed by atoms with Gasteiger partial charge >= 0.3 is 0 Å². The number of hydrogen-bond acceptors (Lipinski definition) is 3. The summed E-state index contributed by atoms with van der Waals surface area (Å²) in [7, 11) is 0. The first-order valence-corrected chi connectivity index (χ1v) is 7.62. The third-order valence-electron chi connectivity index (χ3n) is 3.15. The average Bonchev–Trinajstić information content (AvgIpc) is 2.53. The summed E-state index contributed by atoms with van der Waals surface area (Å²) < 4.78 is 0. The van der Waals surface area contributed by atoms with Crippen LogP contribution in [0.2, 0.25) is 0 Å². The van der Waals surface area contributed by atoms with Gasteiger partial charge in [0, 0.05) is 16.9 Å². The zero-order valence-corrected chi connectivity index (χ0v) is 12.1. The summed E-state index contributed by atoms with van der Waals surface area (Å²) in [6.07, 6.45) is 3.17. The van der Waals surface area contributed by atoms with Crippen LogP contribution in [0.5, 0.6) is 0 Å². The fraction of sp³-hybridized carbons (Fsp3) is 0.176. The molecule has 0 saturated heterocycles. The third kappa shape index (κ3) is 3.49. The molecule has 0 aromatic heterocycles. The van der Waals surface area contributed by atoms with Crippen LogP contribution >= 0.6 is 11.8 Å². The second-order valence-electron chi connectivity index (χ2n) is 4.43. The first kappa shape index (κ1) is 14.4. The van der Waals surface area contributed by atoms with Crippen LogP contribution < -0.4 is 0 Å². The number of benzene rings is 2. The van der Waals surface area contributed by atoms with Crippen LogP contribution in [0.4, 0.5) is 0 Å². The van der Waals surface area contributed by atoms with Gasteiger partial charge in [0.15, 0.2) is 5.78 Å². The molecule has 0 heterocycles. The van der Waals surface area contributed by atoms with E-state index in [0.29, 0.717) is 24.0 Å². The topological polar surface area (TPSA) is 40.9 Å². The SMILES string of the molecule is CSc1ccc(CCC(=O)c2ccccc2C#N)cc1. The highest BCUT2D eigenvalue weighted by molar-refractivity contribution is 7.98. The van der Waals surface area contributed by atoms with Crippen molar-refractivity contribution in [1.29, 1.82) is 5.26 Å². The van der Waals surface area contributed by atoms with Gasteiger partial charge in [-0.05, 0) is 36.4 Å². The van der Waals surface area contributed by atoms with Crippen molar-refractivity contribution in [2.75, 3.05) is 6.26 Å². The van der Waals surface area contributed by atoms with Gasteiger partial charge in [0.05, 0.1) is 11.6 Å². The molecule has 0 aliphatic rings. The molecule has 0 aliphatic heterocycles. The molecular weight excluding hydrogens is 266 g/mol. The molecule has 0 bridgehead atoms. The average molecular weight is 281 g/mol. The first-order chi connectivity index (χ1) is 9.74. The van der Waals surface area contributed by atoms with Crippen LogP contribution in [-0.4, -0.2) is 12.0 Å². The molecule has 0 amide bonds. The van der Waals surface area contributed by atoms with Crippen molar-refractivity contribution in [3.63, 3.8) is 0 Å². The van der Waals surface area contributed by atoms with Gasteiger partial charge in [-0.15, -0.1) is 11.8 Å². The third-order valence-corrected chi connectivity index (χ3v) is 3.89. The number of carbonyl (C=O) groups excluding carboxylic acids is 1. The molecule has 0 fully saturated rings. The molecule has 2 aromatic rings. The quantitative estimate of drug-likeness (QED) is 0.612. The summed E-state index contributed by atoms with van der Waals surface area (Å²) in [5.74, 6) is 0.0242.